The van der Waals surface area contributed by atoms with E-state index in [-0.39, 0.29) is 5.91 Å². The lowest BCUT2D eigenvalue weighted by Gasteiger charge is -2.25. The molecule has 3 N–H and O–H groups in total. The Morgan fingerprint density at radius 1 is 1.44 bits per heavy atom. The quantitative estimate of drug-likeness (QED) is 0.833. The van der Waals surface area contributed by atoms with Gasteiger partial charge in [-0.2, -0.15) is 11.8 Å². The zero-order valence-electron chi connectivity index (χ0n) is 9.99. The van der Waals surface area contributed by atoms with Crippen molar-refractivity contribution in [1.29, 1.82) is 0 Å². The first-order chi connectivity index (χ1) is 8.65. The van der Waals surface area contributed by atoms with Gasteiger partial charge in [-0.1, -0.05) is 0 Å². The second-order valence-corrected chi connectivity index (χ2v) is 6.26. The predicted octanol–water partition coefficient (Wildman–Crippen LogP) is 2.02. The normalized spacial score (nSPS) is 16.5. The molecule has 1 aliphatic heterocycles. The number of thioether (sulfide) groups is 1. The zero-order chi connectivity index (χ0) is 13.0. The van der Waals surface area contributed by atoms with E-state index in [4.69, 9.17) is 5.73 Å². The lowest BCUT2D eigenvalue weighted by Crippen LogP contribution is -2.38. The largest absolute Gasteiger partial charge is 0.399 e. The lowest BCUT2D eigenvalue weighted by atomic mass is 10.3. The number of rotatable bonds is 3. The SMILES string of the molecule is Nc1ccc(NC(=O)CN2CCSCC2)c(Br)c1. The van der Waals surface area contributed by atoms with Crippen LogP contribution in [0.5, 0.6) is 0 Å². The number of anilines is 2. The molecule has 6 heteroatoms. The number of amides is 1. The smallest absolute Gasteiger partial charge is 0.238 e. The van der Waals surface area contributed by atoms with E-state index in [1.165, 1.54) is 0 Å². The summed E-state index contributed by atoms with van der Waals surface area (Å²) in [5, 5.41) is 2.89. The molecule has 0 spiro atoms. The summed E-state index contributed by atoms with van der Waals surface area (Å²) >= 11 is 5.33. The average Bonchev–Trinajstić information content (AvgIpc) is 2.34. The number of carbonyl (C=O) groups excluding carboxylic acids is 1. The minimum atomic E-state index is 0.0207. The van der Waals surface area contributed by atoms with Crippen molar-refractivity contribution in [2.75, 3.05) is 42.2 Å². The van der Waals surface area contributed by atoms with Crippen LogP contribution in [0.3, 0.4) is 0 Å². The van der Waals surface area contributed by atoms with Gasteiger partial charge in [-0.3, -0.25) is 9.69 Å². The summed E-state index contributed by atoms with van der Waals surface area (Å²) in [6.45, 7) is 2.43. The Balaban J connectivity index is 1.90. The van der Waals surface area contributed by atoms with E-state index in [0.717, 1.165) is 34.8 Å². The van der Waals surface area contributed by atoms with E-state index in [0.29, 0.717) is 12.2 Å². The number of hydrogen-bond donors (Lipinski definition) is 2. The topological polar surface area (TPSA) is 58.4 Å². The van der Waals surface area contributed by atoms with Crippen LogP contribution in [0.25, 0.3) is 0 Å². The monoisotopic (exact) mass is 329 g/mol. The van der Waals surface area contributed by atoms with E-state index in [1.807, 2.05) is 17.8 Å². The maximum atomic E-state index is 11.9. The van der Waals surface area contributed by atoms with E-state index >= 15 is 0 Å². The third kappa shape index (κ3) is 3.90. The Labute approximate surface area is 119 Å². The van der Waals surface area contributed by atoms with Gasteiger partial charge >= 0.3 is 0 Å². The molecule has 0 aromatic heterocycles. The fourth-order valence-electron chi connectivity index (χ4n) is 1.78. The van der Waals surface area contributed by atoms with Gasteiger partial charge in [0.25, 0.3) is 0 Å². The van der Waals surface area contributed by atoms with Crippen molar-refractivity contribution in [3.05, 3.63) is 22.7 Å². The van der Waals surface area contributed by atoms with Crippen molar-refractivity contribution in [2.24, 2.45) is 0 Å². The van der Waals surface area contributed by atoms with Crippen LogP contribution in [0.4, 0.5) is 11.4 Å². The van der Waals surface area contributed by atoms with Gasteiger partial charge in [0.15, 0.2) is 0 Å². The number of carbonyl (C=O) groups is 1. The molecule has 98 valence electrons. The van der Waals surface area contributed by atoms with Gasteiger partial charge in [0.1, 0.15) is 0 Å². The molecule has 2 rings (SSSR count). The second kappa shape index (κ2) is 6.45. The van der Waals surface area contributed by atoms with E-state index in [1.54, 1.807) is 12.1 Å². The Bertz CT molecular complexity index is 435. The summed E-state index contributed by atoms with van der Waals surface area (Å²) in [4.78, 5) is 14.1. The maximum absolute atomic E-state index is 11.9. The van der Waals surface area contributed by atoms with Gasteiger partial charge in [-0.15, -0.1) is 0 Å². The molecule has 0 atom stereocenters. The highest BCUT2D eigenvalue weighted by Crippen LogP contribution is 2.24. The van der Waals surface area contributed by atoms with Crippen molar-refractivity contribution in [1.82, 2.24) is 4.90 Å². The zero-order valence-corrected chi connectivity index (χ0v) is 12.4. The fraction of sp³-hybridized carbons (Fsp3) is 0.417. The molecule has 1 aromatic rings. The maximum Gasteiger partial charge on any atom is 0.238 e. The summed E-state index contributed by atoms with van der Waals surface area (Å²) in [6.07, 6.45) is 0. The first-order valence-corrected chi connectivity index (χ1v) is 7.75. The van der Waals surface area contributed by atoms with E-state index in [9.17, 15) is 4.79 Å². The standard InChI is InChI=1S/C12H16BrN3OS/c13-10-7-9(14)1-2-11(10)15-12(17)8-16-3-5-18-6-4-16/h1-2,7H,3-6,8,14H2,(H,15,17). The molecule has 1 aliphatic rings. The third-order valence-corrected chi connectivity index (χ3v) is 4.34. The van der Waals surface area contributed by atoms with Crippen LogP contribution in [0.2, 0.25) is 0 Å². The van der Waals surface area contributed by atoms with Crippen molar-refractivity contribution in [3.8, 4) is 0 Å². The van der Waals surface area contributed by atoms with Gasteiger partial charge in [0.05, 0.1) is 12.2 Å². The Hall–Kier alpha value is -0.720. The molecule has 0 aliphatic carbocycles. The van der Waals surface area contributed by atoms with Crippen molar-refractivity contribution < 1.29 is 4.79 Å². The van der Waals surface area contributed by atoms with Gasteiger partial charge in [0, 0.05) is 34.8 Å². The van der Waals surface area contributed by atoms with Gasteiger partial charge < -0.3 is 11.1 Å². The third-order valence-electron chi connectivity index (χ3n) is 2.74. The van der Waals surface area contributed by atoms with Crippen LogP contribution in [-0.4, -0.2) is 41.9 Å². The first-order valence-electron chi connectivity index (χ1n) is 5.80. The van der Waals surface area contributed by atoms with Crippen molar-refractivity contribution >= 4 is 45.0 Å². The van der Waals surface area contributed by atoms with Crippen molar-refractivity contribution in [2.45, 2.75) is 0 Å². The molecule has 1 fully saturated rings. The number of benzene rings is 1. The first kappa shape index (κ1) is 13.7. The number of hydrogen-bond acceptors (Lipinski definition) is 4. The number of nitrogen functional groups attached to an aromatic ring is 1. The number of nitrogens with two attached hydrogens (primary N) is 1. The van der Waals surface area contributed by atoms with Crippen LogP contribution in [0.1, 0.15) is 0 Å². The van der Waals surface area contributed by atoms with Gasteiger partial charge in [-0.05, 0) is 34.1 Å². The molecule has 0 bridgehead atoms. The second-order valence-electron chi connectivity index (χ2n) is 4.18. The van der Waals surface area contributed by atoms with E-state index in [2.05, 4.69) is 26.1 Å². The molecule has 1 aromatic carbocycles. The van der Waals surface area contributed by atoms with Gasteiger partial charge in [-0.25, -0.2) is 0 Å². The molecule has 1 heterocycles. The number of nitrogens with one attached hydrogen (secondary N) is 1. The highest BCUT2D eigenvalue weighted by atomic mass is 79.9. The summed E-state index contributed by atoms with van der Waals surface area (Å²) < 4.78 is 0.810. The lowest BCUT2D eigenvalue weighted by molar-refractivity contribution is -0.117. The predicted molar refractivity (Wildman–Crippen MR) is 80.9 cm³/mol. The summed E-state index contributed by atoms with van der Waals surface area (Å²) in [6, 6.07) is 5.37. The molecule has 1 amide bonds. The fourth-order valence-corrected chi connectivity index (χ4v) is 3.26. The van der Waals surface area contributed by atoms with Crippen LogP contribution >= 0.6 is 27.7 Å². The number of nitrogens with zero attached hydrogens (tertiary/aromatic N) is 1. The van der Waals surface area contributed by atoms with Crippen LogP contribution < -0.4 is 11.1 Å². The Kier molecular flexibility index (Phi) is 4.91. The van der Waals surface area contributed by atoms with Crippen LogP contribution in [-0.2, 0) is 4.79 Å². The van der Waals surface area contributed by atoms with Crippen LogP contribution in [0, 0.1) is 0 Å². The number of halogens is 1. The molecule has 1 saturated heterocycles. The highest BCUT2D eigenvalue weighted by Gasteiger charge is 2.14. The molecule has 0 saturated carbocycles. The van der Waals surface area contributed by atoms with Crippen molar-refractivity contribution in [3.63, 3.8) is 0 Å². The molecular formula is C12H16BrN3OS. The van der Waals surface area contributed by atoms with Crippen LogP contribution in [0.15, 0.2) is 22.7 Å². The molecular weight excluding hydrogens is 314 g/mol. The molecule has 18 heavy (non-hydrogen) atoms. The summed E-state index contributed by atoms with van der Waals surface area (Å²) in [7, 11) is 0. The van der Waals surface area contributed by atoms with Gasteiger partial charge in [0.2, 0.25) is 5.91 Å². The summed E-state index contributed by atoms with van der Waals surface area (Å²) in [5.74, 6) is 2.24. The molecule has 4 nitrogen and oxygen atoms in total. The molecule has 0 radical (unpaired) electrons. The Morgan fingerprint density at radius 2 is 2.17 bits per heavy atom. The summed E-state index contributed by atoms with van der Waals surface area (Å²) in [5.41, 5.74) is 7.09. The average molecular weight is 330 g/mol. The highest BCUT2D eigenvalue weighted by molar-refractivity contribution is 9.10. The molecule has 0 unspecified atom stereocenters. The minimum absolute atomic E-state index is 0.0207. The Morgan fingerprint density at radius 3 is 2.83 bits per heavy atom. The minimum Gasteiger partial charge on any atom is -0.399 e. The van der Waals surface area contributed by atoms with E-state index < -0.39 is 0 Å².